The van der Waals surface area contributed by atoms with Gasteiger partial charge in [0.15, 0.2) is 0 Å². The average molecular weight is 431 g/mol. The summed E-state index contributed by atoms with van der Waals surface area (Å²) < 4.78 is 2.85. The van der Waals surface area contributed by atoms with E-state index in [1.165, 1.54) is 11.3 Å². The van der Waals surface area contributed by atoms with Gasteiger partial charge >= 0.3 is 0 Å². The molecule has 156 valence electrons. The van der Waals surface area contributed by atoms with Gasteiger partial charge in [0, 0.05) is 48.7 Å². The molecule has 0 unspecified atom stereocenters. The van der Waals surface area contributed by atoms with Crippen LogP contribution in [0.5, 0.6) is 0 Å². The lowest BCUT2D eigenvalue weighted by molar-refractivity contribution is 0.0790. The Morgan fingerprint density at radius 2 is 2.00 bits per heavy atom. The van der Waals surface area contributed by atoms with E-state index in [-0.39, 0.29) is 17.7 Å². The molecule has 4 aromatic rings. The molecule has 1 aliphatic heterocycles. The predicted molar refractivity (Wildman–Crippen MR) is 122 cm³/mol. The van der Waals surface area contributed by atoms with Crippen molar-refractivity contribution in [2.24, 2.45) is 0 Å². The Kier molecular flexibility index (Phi) is 5.03. The van der Waals surface area contributed by atoms with Crippen LogP contribution in [0, 0.1) is 0 Å². The number of thiophene rings is 1. The Balaban J connectivity index is 1.43. The minimum absolute atomic E-state index is 0.0116. The zero-order valence-electron chi connectivity index (χ0n) is 17.1. The molecule has 0 aliphatic carbocycles. The van der Waals surface area contributed by atoms with Crippen LogP contribution in [-0.2, 0) is 0 Å². The summed E-state index contributed by atoms with van der Waals surface area (Å²) in [6.07, 6.45) is 4.42. The first-order valence-corrected chi connectivity index (χ1v) is 11.1. The second kappa shape index (κ2) is 8.00. The molecule has 1 saturated heterocycles. The second-order valence-electron chi connectivity index (χ2n) is 7.66. The van der Waals surface area contributed by atoms with Crippen molar-refractivity contribution in [1.82, 2.24) is 20.0 Å². The van der Waals surface area contributed by atoms with E-state index in [1.807, 2.05) is 53.6 Å². The van der Waals surface area contributed by atoms with Crippen LogP contribution in [0.1, 0.15) is 37.9 Å². The lowest BCUT2D eigenvalue weighted by Crippen LogP contribution is -2.28. The highest BCUT2D eigenvalue weighted by molar-refractivity contribution is 7.21. The third kappa shape index (κ3) is 3.51. The number of hydrogen-bond acceptors (Lipinski definition) is 4. The van der Waals surface area contributed by atoms with Gasteiger partial charge in [-0.15, -0.1) is 11.3 Å². The zero-order chi connectivity index (χ0) is 21.4. The fourth-order valence-corrected chi connectivity index (χ4v) is 5.55. The molecule has 6 nitrogen and oxygen atoms in total. The molecular formula is C24H22N4O2S. The SMILES string of the molecule is CNC(=O)c1sc2ccccc2c1[C@@H]1CCN(C(=O)c2cccc(-n3cccn3)c2)C1. The van der Waals surface area contributed by atoms with Gasteiger partial charge in [0.1, 0.15) is 0 Å². The summed E-state index contributed by atoms with van der Waals surface area (Å²) in [7, 11) is 1.66. The number of rotatable bonds is 4. The Hall–Kier alpha value is -3.45. The molecule has 1 fully saturated rings. The van der Waals surface area contributed by atoms with E-state index in [1.54, 1.807) is 17.9 Å². The third-order valence-corrected chi connectivity index (χ3v) is 7.00. The third-order valence-electron chi connectivity index (χ3n) is 5.81. The molecule has 1 aliphatic rings. The first-order valence-electron chi connectivity index (χ1n) is 10.3. The van der Waals surface area contributed by atoms with Gasteiger partial charge in [-0.1, -0.05) is 24.3 Å². The largest absolute Gasteiger partial charge is 0.354 e. The average Bonchev–Trinajstić information content (AvgIpc) is 3.57. The molecule has 0 radical (unpaired) electrons. The molecular weight excluding hydrogens is 408 g/mol. The maximum Gasteiger partial charge on any atom is 0.261 e. The van der Waals surface area contributed by atoms with Crippen LogP contribution in [0.3, 0.4) is 0 Å². The van der Waals surface area contributed by atoms with Crippen LogP contribution in [-0.4, -0.2) is 46.6 Å². The van der Waals surface area contributed by atoms with Crippen LogP contribution in [0.4, 0.5) is 0 Å². The van der Waals surface area contributed by atoms with Crippen molar-refractivity contribution in [3.05, 3.63) is 83.0 Å². The summed E-state index contributed by atoms with van der Waals surface area (Å²) in [4.78, 5) is 28.4. The number of nitrogens with zero attached hydrogens (tertiary/aromatic N) is 3. The molecule has 0 saturated carbocycles. The summed E-state index contributed by atoms with van der Waals surface area (Å²) in [5, 5.41) is 8.13. The van der Waals surface area contributed by atoms with Crippen molar-refractivity contribution in [2.75, 3.05) is 20.1 Å². The smallest absolute Gasteiger partial charge is 0.261 e. The molecule has 1 N–H and O–H groups in total. The highest BCUT2D eigenvalue weighted by atomic mass is 32.1. The molecule has 7 heteroatoms. The fraction of sp³-hybridized carbons (Fsp3) is 0.208. The van der Waals surface area contributed by atoms with Crippen LogP contribution in [0.15, 0.2) is 67.0 Å². The predicted octanol–water partition coefficient (Wildman–Crippen LogP) is 4.08. The molecule has 0 spiro atoms. The van der Waals surface area contributed by atoms with Crippen molar-refractivity contribution in [3.63, 3.8) is 0 Å². The summed E-state index contributed by atoms with van der Waals surface area (Å²) >= 11 is 1.52. The van der Waals surface area contributed by atoms with Gasteiger partial charge in [-0.2, -0.15) is 5.10 Å². The van der Waals surface area contributed by atoms with Crippen molar-refractivity contribution in [2.45, 2.75) is 12.3 Å². The molecule has 3 heterocycles. The van der Waals surface area contributed by atoms with Gasteiger partial charge in [-0.25, -0.2) is 4.68 Å². The van der Waals surface area contributed by atoms with Crippen LogP contribution >= 0.6 is 11.3 Å². The first-order chi connectivity index (χ1) is 15.2. The van der Waals surface area contributed by atoms with E-state index in [0.29, 0.717) is 18.7 Å². The standard InChI is InChI=1S/C24H22N4O2S/c1-25-23(29)22-21(19-8-2-3-9-20(19)31-22)17-10-13-27(15-17)24(30)16-6-4-7-18(14-16)28-12-5-11-26-28/h2-9,11-12,14,17H,10,13,15H2,1H3,(H,25,29)/t17-/m1/s1. The monoisotopic (exact) mass is 430 g/mol. The van der Waals surface area contributed by atoms with E-state index in [4.69, 9.17) is 0 Å². The number of benzene rings is 2. The van der Waals surface area contributed by atoms with Crippen molar-refractivity contribution >= 4 is 33.2 Å². The minimum atomic E-state index is -0.0621. The number of likely N-dealkylation sites (tertiary alicyclic amines) is 1. The quantitative estimate of drug-likeness (QED) is 0.531. The van der Waals surface area contributed by atoms with Crippen molar-refractivity contribution in [3.8, 4) is 5.69 Å². The number of amides is 2. The first kappa shape index (κ1) is 19.5. The zero-order valence-corrected chi connectivity index (χ0v) is 17.9. The van der Waals surface area contributed by atoms with Gasteiger partial charge in [-0.05, 0) is 47.7 Å². The highest BCUT2D eigenvalue weighted by Gasteiger charge is 2.32. The van der Waals surface area contributed by atoms with Gasteiger partial charge in [0.25, 0.3) is 11.8 Å². The second-order valence-corrected chi connectivity index (χ2v) is 8.71. The van der Waals surface area contributed by atoms with Crippen molar-refractivity contribution in [1.29, 1.82) is 0 Å². The lowest BCUT2D eigenvalue weighted by Gasteiger charge is -2.18. The lowest BCUT2D eigenvalue weighted by atomic mass is 9.95. The number of carbonyl (C=O) groups excluding carboxylic acids is 2. The number of carbonyl (C=O) groups is 2. The van der Waals surface area contributed by atoms with E-state index >= 15 is 0 Å². The summed E-state index contributed by atoms with van der Waals surface area (Å²) in [5.74, 6) is 0.0899. The van der Waals surface area contributed by atoms with E-state index in [2.05, 4.69) is 22.5 Å². The molecule has 2 aromatic carbocycles. The Labute approximate surface area is 184 Å². The highest BCUT2D eigenvalue weighted by Crippen LogP contribution is 2.40. The number of nitrogens with one attached hydrogen (secondary N) is 1. The van der Waals surface area contributed by atoms with E-state index in [9.17, 15) is 9.59 Å². The Morgan fingerprint density at radius 1 is 1.13 bits per heavy atom. The fourth-order valence-electron chi connectivity index (χ4n) is 4.32. The molecule has 2 aromatic heterocycles. The molecule has 0 bridgehead atoms. The summed E-state index contributed by atoms with van der Waals surface area (Å²) in [5.41, 5.74) is 2.58. The normalized spacial score (nSPS) is 16.0. The molecule has 2 amide bonds. The number of hydrogen-bond donors (Lipinski definition) is 1. The van der Waals surface area contributed by atoms with Gasteiger partial charge < -0.3 is 10.2 Å². The van der Waals surface area contributed by atoms with Crippen LogP contribution in [0.25, 0.3) is 15.8 Å². The molecule has 31 heavy (non-hydrogen) atoms. The van der Waals surface area contributed by atoms with Crippen LogP contribution < -0.4 is 5.32 Å². The summed E-state index contributed by atoms with van der Waals surface area (Å²) in [6.45, 7) is 1.28. The van der Waals surface area contributed by atoms with E-state index in [0.717, 1.165) is 32.6 Å². The maximum atomic E-state index is 13.2. The van der Waals surface area contributed by atoms with E-state index < -0.39 is 0 Å². The number of fused-ring (bicyclic) bond motifs is 1. The molecule has 1 atom stereocenters. The van der Waals surface area contributed by atoms with Crippen LogP contribution in [0.2, 0.25) is 0 Å². The minimum Gasteiger partial charge on any atom is -0.354 e. The van der Waals surface area contributed by atoms with Gasteiger partial charge in [-0.3, -0.25) is 9.59 Å². The van der Waals surface area contributed by atoms with Crippen molar-refractivity contribution < 1.29 is 9.59 Å². The van der Waals surface area contributed by atoms with Gasteiger partial charge in [0.05, 0.1) is 10.6 Å². The Morgan fingerprint density at radius 3 is 2.81 bits per heavy atom. The maximum absolute atomic E-state index is 13.2. The van der Waals surface area contributed by atoms with Gasteiger partial charge in [0.2, 0.25) is 0 Å². The number of aromatic nitrogens is 2. The Bertz CT molecular complexity index is 1260. The summed E-state index contributed by atoms with van der Waals surface area (Å²) in [6, 6.07) is 17.5. The topological polar surface area (TPSA) is 67.2 Å². The molecule has 5 rings (SSSR count).